The summed E-state index contributed by atoms with van der Waals surface area (Å²) in [6.07, 6.45) is 2.80. The van der Waals surface area contributed by atoms with E-state index in [1.165, 1.54) is 5.56 Å². The summed E-state index contributed by atoms with van der Waals surface area (Å²) >= 11 is 0. The average molecular weight is 361 g/mol. The van der Waals surface area contributed by atoms with Crippen molar-refractivity contribution in [2.75, 3.05) is 0 Å². The van der Waals surface area contributed by atoms with Crippen LogP contribution in [0.3, 0.4) is 0 Å². The zero-order chi connectivity index (χ0) is 18.8. The van der Waals surface area contributed by atoms with E-state index in [9.17, 15) is 9.59 Å². The van der Waals surface area contributed by atoms with Gasteiger partial charge in [0.2, 0.25) is 5.91 Å². The number of amides is 1. The molecule has 1 aromatic heterocycles. The minimum Gasteiger partial charge on any atom is -0.352 e. The minimum atomic E-state index is -0.0266. The topological polar surface area (TPSA) is 64.0 Å². The maximum Gasteiger partial charge on any atom is 0.261 e. The van der Waals surface area contributed by atoms with Crippen molar-refractivity contribution in [3.63, 3.8) is 0 Å². The highest BCUT2D eigenvalue weighted by Crippen LogP contribution is 2.34. The van der Waals surface area contributed by atoms with Crippen LogP contribution >= 0.6 is 0 Å². The van der Waals surface area contributed by atoms with E-state index in [4.69, 9.17) is 0 Å². The molecule has 3 aromatic rings. The van der Waals surface area contributed by atoms with Crippen LogP contribution in [-0.2, 0) is 17.8 Å². The lowest BCUT2D eigenvalue weighted by molar-refractivity contribution is -0.121. The number of hydrogen-bond donors (Lipinski definition) is 1. The first-order valence-electron chi connectivity index (χ1n) is 9.44. The molecule has 0 aliphatic heterocycles. The van der Waals surface area contributed by atoms with Crippen LogP contribution in [0.2, 0.25) is 0 Å². The number of carbonyl (C=O) groups is 1. The molecule has 4 rings (SSSR count). The highest BCUT2D eigenvalue weighted by Gasteiger charge is 2.28. The molecule has 0 unspecified atom stereocenters. The van der Waals surface area contributed by atoms with Crippen molar-refractivity contribution < 1.29 is 4.79 Å². The second-order valence-corrected chi connectivity index (χ2v) is 7.22. The van der Waals surface area contributed by atoms with Crippen molar-refractivity contribution in [2.45, 2.75) is 45.2 Å². The molecule has 5 heteroatoms. The van der Waals surface area contributed by atoms with Gasteiger partial charge in [-0.15, -0.1) is 0 Å². The zero-order valence-electron chi connectivity index (χ0n) is 15.4. The van der Waals surface area contributed by atoms with Crippen molar-refractivity contribution >= 4 is 16.8 Å². The third-order valence-corrected chi connectivity index (χ3v) is 4.94. The predicted molar refractivity (Wildman–Crippen MR) is 106 cm³/mol. The quantitative estimate of drug-likeness (QED) is 0.733. The molecule has 0 saturated heterocycles. The van der Waals surface area contributed by atoms with Crippen LogP contribution < -0.4 is 10.9 Å². The van der Waals surface area contributed by atoms with Gasteiger partial charge in [-0.2, -0.15) is 0 Å². The molecule has 0 radical (unpaired) electrons. The molecule has 0 atom stereocenters. The fraction of sp³-hybridized carbons (Fsp3) is 0.318. The van der Waals surface area contributed by atoms with E-state index in [1.54, 1.807) is 4.57 Å². The molecule has 27 heavy (non-hydrogen) atoms. The summed E-state index contributed by atoms with van der Waals surface area (Å²) in [5.74, 6) is 0.688. The highest BCUT2D eigenvalue weighted by atomic mass is 16.1. The summed E-state index contributed by atoms with van der Waals surface area (Å²) in [5.41, 5.74) is 2.98. The summed E-state index contributed by atoms with van der Waals surface area (Å²) < 4.78 is 1.80. The van der Waals surface area contributed by atoms with Crippen LogP contribution in [-0.4, -0.2) is 15.5 Å². The first kappa shape index (κ1) is 17.5. The molecule has 0 bridgehead atoms. The van der Waals surface area contributed by atoms with Gasteiger partial charge in [0, 0.05) is 25.4 Å². The van der Waals surface area contributed by atoms with Crippen molar-refractivity contribution in [2.24, 2.45) is 0 Å². The van der Waals surface area contributed by atoms with Gasteiger partial charge in [0.15, 0.2) is 0 Å². The Kier molecular flexibility index (Phi) is 4.75. The summed E-state index contributed by atoms with van der Waals surface area (Å²) in [4.78, 5) is 29.8. The van der Waals surface area contributed by atoms with Gasteiger partial charge in [-0.3, -0.25) is 14.2 Å². The van der Waals surface area contributed by atoms with Crippen LogP contribution in [0, 0.1) is 6.92 Å². The SMILES string of the molecule is Cc1cccc(CNC(=O)CCc2nc3ccccc3c(=O)n2C2CC2)c1. The number of carbonyl (C=O) groups excluding carboxylic acids is 1. The van der Waals surface area contributed by atoms with Crippen LogP contribution in [0.1, 0.15) is 42.3 Å². The Balaban J connectivity index is 1.47. The van der Waals surface area contributed by atoms with E-state index in [-0.39, 0.29) is 17.5 Å². The Labute approximate surface area is 158 Å². The highest BCUT2D eigenvalue weighted by molar-refractivity contribution is 5.78. The monoisotopic (exact) mass is 361 g/mol. The third-order valence-electron chi connectivity index (χ3n) is 4.94. The molecular weight excluding hydrogens is 338 g/mol. The van der Waals surface area contributed by atoms with Crippen LogP contribution in [0.4, 0.5) is 0 Å². The number of fused-ring (bicyclic) bond motifs is 1. The number of para-hydroxylation sites is 1. The second-order valence-electron chi connectivity index (χ2n) is 7.22. The summed E-state index contributed by atoms with van der Waals surface area (Å²) in [5, 5.41) is 3.61. The number of aryl methyl sites for hydroxylation is 2. The zero-order valence-corrected chi connectivity index (χ0v) is 15.4. The Bertz CT molecular complexity index is 1050. The number of aromatic nitrogens is 2. The number of nitrogens with one attached hydrogen (secondary N) is 1. The van der Waals surface area contributed by atoms with Gasteiger partial charge in [-0.1, -0.05) is 42.0 Å². The molecule has 1 amide bonds. The average Bonchev–Trinajstić information content (AvgIpc) is 3.50. The van der Waals surface area contributed by atoms with Gasteiger partial charge in [0.05, 0.1) is 10.9 Å². The molecule has 138 valence electrons. The fourth-order valence-corrected chi connectivity index (χ4v) is 3.41. The lowest BCUT2D eigenvalue weighted by Gasteiger charge is -2.13. The van der Waals surface area contributed by atoms with Crippen molar-refractivity contribution in [1.82, 2.24) is 14.9 Å². The molecule has 1 saturated carbocycles. The van der Waals surface area contributed by atoms with E-state index < -0.39 is 0 Å². The Morgan fingerprint density at radius 3 is 2.78 bits per heavy atom. The smallest absolute Gasteiger partial charge is 0.261 e. The third kappa shape index (κ3) is 3.92. The standard InChI is InChI=1S/C22H23N3O2/c1-15-5-4-6-16(13-15)14-23-21(26)12-11-20-24-19-8-3-2-7-18(19)22(27)25(20)17-9-10-17/h2-8,13,17H,9-12,14H2,1H3,(H,23,26). The Morgan fingerprint density at radius 1 is 1.19 bits per heavy atom. The number of rotatable bonds is 6. The largest absolute Gasteiger partial charge is 0.352 e. The van der Waals surface area contributed by atoms with E-state index in [0.29, 0.717) is 36.1 Å². The van der Waals surface area contributed by atoms with E-state index in [1.807, 2.05) is 49.4 Å². The molecule has 1 aliphatic rings. The van der Waals surface area contributed by atoms with Crippen LogP contribution in [0.15, 0.2) is 53.3 Å². The molecule has 2 aromatic carbocycles. The fourth-order valence-electron chi connectivity index (χ4n) is 3.41. The van der Waals surface area contributed by atoms with E-state index >= 15 is 0 Å². The van der Waals surface area contributed by atoms with Gasteiger partial charge in [-0.05, 0) is 37.5 Å². The molecule has 1 fully saturated rings. The normalized spacial score (nSPS) is 13.7. The summed E-state index contributed by atoms with van der Waals surface area (Å²) in [6, 6.07) is 15.8. The van der Waals surface area contributed by atoms with Gasteiger partial charge >= 0.3 is 0 Å². The molecule has 1 heterocycles. The van der Waals surface area contributed by atoms with Gasteiger partial charge in [0.25, 0.3) is 5.56 Å². The van der Waals surface area contributed by atoms with Crippen molar-refractivity contribution in [3.05, 3.63) is 75.8 Å². The van der Waals surface area contributed by atoms with Crippen LogP contribution in [0.5, 0.6) is 0 Å². The number of benzene rings is 2. The van der Waals surface area contributed by atoms with Gasteiger partial charge in [-0.25, -0.2) is 4.98 Å². The molecular formula is C22H23N3O2. The maximum absolute atomic E-state index is 12.8. The first-order chi connectivity index (χ1) is 13.1. The summed E-state index contributed by atoms with van der Waals surface area (Å²) in [7, 11) is 0. The van der Waals surface area contributed by atoms with Crippen LogP contribution in [0.25, 0.3) is 10.9 Å². The second kappa shape index (κ2) is 7.35. The number of nitrogens with zero attached hydrogens (tertiary/aromatic N) is 2. The summed E-state index contributed by atoms with van der Waals surface area (Å²) in [6.45, 7) is 2.55. The molecule has 0 spiro atoms. The lowest BCUT2D eigenvalue weighted by atomic mass is 10.1. The van der Waals surface area contributed by atoms with Crippen molar-refractivity contribution in [1.29, 1.82) is 0 Å². The minimum absolute atomic E-state index is 0.0123. The number of hydrogen-bond acceptors (Lipinski definition) is 3. The first-order valence-corrected chi connectivity index (χ1v) is 9.44. The Hall–Kier alpha value is -2.95. The molecule has 1 aliphatic carbocycles. The van der Waals surface area contributed by atoms with E-state index in [2.05, 4.69) is 16.4 Å². The predicted octanol–water partition coefficient (Wildman–Crippen LogP) is 3.29. The van der Waals surface area contributed by atoms with Gasteiger partial charge in [0.1, 0.15) is 5.82 Å². The van der Waals surface area contributed by atoms with Gasteiger partial charge < -0.3 is 5.32 Å². The molecule has 1 N–H and O–H groups in total. The lowest BCUT2D eigenvalue weighted by Crippen LogP contribution is -2.27. The maximum atomic E-state index is 12.8. The molecule has 5 nitrogen and oxygen atoms in total. The van der Waals surface area contributed by atoms with E-state index in [0.717, 1.165) is 18.4 Å². The Morgan fingerprint density at radius 2 is 2.00 bits per heavy atom. The van der Waals surface area contributed by atoms with Crippen molar-refractivity contribution in [3.8, 4) is 0 Å².